The van der Waals surface area contributed by atoms with E-state index in [0.29, 0.717) is 24.2 Å². The molecule has 2 fully saturated rings. The van der Waals surface area contributed by atoms with Gasteiger partial charge in [0.1, 0.15) is 24.5 Å². The first-order valence-electron chi connectivity index (χ1n) is 16.4. The molecule has 0 bridgehead atoms. The summed E-state index contributed by atoms with van der Waals surface area (Å²) < 4.78 is 4.26. The molecule has 0 aliphatic carbocycles. The van der Waals surface area contributed by atoms with Gasteiger partial charge in [-0.05, 0) is 68.7 Å². The molecular weight excluding hydrogens is 598 g/mol. The summed E-state index contributed by atoms with van der Waals surface area (Å²) in [4.78, 5) is 34.5. The minimum Gasteiger partial charge on any atom is -0.480 e. The van der Waals surface area contributed by atoms with Crippen LogP contribution in [0, 0.1) is 31.6 Å². The highest BCUT2D eigenvalue weighted by Crippen LogP contribution is 2.34. The highest BCUT2D eigenvalue weighted by Gasteiger charge is 2.28. The number of aliphatic hydroxyl groups is 2. The van der Waals surface area contributed by atoms with Crippen LogP contribution in [0.25, 0.3) is 22.1 Å². The van der Waals surface area contributed by atoms with Crippen LogP contribution in [0.4, 0.5) is 11.4 Å². The van der Waals surface area contributed by atoms with E-state index in [4.69, 9.17) is 25.8 Å². The number of aliphatic hydroxyl groups excluding tert-OH is 2. The number of aliphatic carboxylic acids is 1. The summed E-state index contributed by atoms with van der Waals surface area (Å²) in [5.74, 6) is 0.251. The minimum atomic E-state index is -1.19. The van der Waals surface area contributed by atoms with E-state index in [0.717, 1.165) is 50.3 Å². The second kappa shape index (κ2) is 15.7. The van der Waals surface area contributed by atoms with E-state index in [2.05, 4.69) is 87.9 Å². The largest absolute Gasteiger partial charge is 0.480 e. The topological polar surface area (TPSA) is 163 Å². The maximum atomic E-state index is 11.6. The van der Waals surface area contributed by atoms with Crippen molar-refractivity contribution in [3.8, 4) is 0 Å². The molecule has 5 N–H and O–H groups in total. The van der Waals surface area contributed by atoms with Gasteiger partial charge < -0.3 is 40.0 Å². The first-order valence-corrected chi connectivity index (χ1v) is 16.4. The second-order valence-corrected chi connectivity index (χ2v) is 13.4. The smallest absolute Gasteiger partial charge is 0.329 e. The fourth-order valence-electron chi connectivity index (χ4n) is 7.02. The molecule has 6 rings (SSSR count). The molecule has 2 saturated heterocycles. The lowest BCUT2D eigenvalue weighted by Crippen LogP contribution is -2.46. The van der Waals surface area contributed by atoms with Crippen molar-refractivity contribution >= 4 is 45.2 Å². The average molecular weight is 650 g/mol. The van der Waals surface area contributed by atoms with Gasteiger partial charge in [-0.25, -0.2) is 14.8 Å². The van der Waals surface area contributed by atoms with E-state index in [1.807, 2.05) is 19.4 Å². The number of nitrogens with zero attached hydrogens (tertiary/aromatic N) is 6. The molecule has 4 atom stereocenters. The average Bonchev–Trinajstić information content (AvgIpc) is 3.49. The number of hydrogen-bond donors (Lipinski definition) is 4. The molecule has 0 radical (unpaired) electrons. The van der Waals surface area contributed by atoms with Crippen molar-refractivity contribution in [1.29, 1.82) is 0 Å². The molecule has 0 amide bonds. The van der Waals surface area contributed by atoms with Crippen LogP contribution in [0.5, 0.6) is 0 Å². The van der Waals surface area contributed by atoms with Crippen LogP contribution in [-0.2, 0) is 23.7 Å². The molecule has 4 aromatic rings. The Hall–Kier alpha value is -4.00. The summed E-state index contributed by atoms with van der Waals surface area (Å²) in [5, 5.41) is 26.4. The van der Waals surface area contributed by atoms with Gasteiger partial charge >= 0.3 is 5.97 Å². The number of pyridine rings is 2. The van der Waals surface area contributed by atoms with Gasteiger partial charge in [-0.3, -0.25) is 4.79 Å². The number of carbonyl (C=O) groups is 2. The van der Waals surface area contributed by atoms with E-state index in [1.165, 1.54) is 33.5 Å². The van der Waals surface area contributed by atoms with Crippen molar-refractivity contribution in [2.75, 3.05) is 49.2 Å². The fraction of sp³-hybridized carbons (Fsp3) is 0.543. The number of hydrogen-bond acceptors (Lipinski definition) is 9. The number of Topliss-reactive ketones (excluding diaryl/α,β-unsaturated/α-hetero) is 1. The SMILES string of the molecule is Cc1cc2c(N3C[C@@H](C)C[C@@H](CC(=O)CO)C3)ccnc2n1C.Cc1cc2c(N3C[C@@H](C)C[C@@H](N)C3)ccnc2n1C.O=C(O)CO. The standard InChI is InChI=1S/C18H25N3O2.C15H22N4.C2H4O3/c1-12-6-14(8-15(23)11-22)10-21(9-12)17-4-5-19-18-16(17)7-13(2)20(18)3;1-10-6-12(16)9-19(8-10)14-4-5-17-15-13(14)7-11(2)18(15)3;3-1-2(4)5/h4-5,7,12,14,22H,6,8-11H2,1-3H3;4-5,7,10,12H,6,8-9,16H2,1-3H3;3H,1H2,(H,4,5)/t12-,14-;10-,12+;/m00./s1. The highest BCUT2D eigenvalue weighted by molar-refractivity contribution is 5.92. The Kier molecular flexibility index (Phi) is 12.0. The van der Waals surface area contributed by atoms with Crippen molar-refractivity contribution in [2.24, 2.45) is 37.6 Å². The Morgan fingerprint density at radius 3 is 1.72 bits per heavy atom. The van der Waals surface area contributed by atoms with Crippen molar-refractivity contribution in [3.05, 3.63) is 48.0 Å². The number of carboxylic acid groups (broad SMARTS) is 1. The van der Waals surface area contributed by atoms with Crippen LogP contribution in [-0.4, -0.2) is 91.6 Å². The lowest BCUT2D eigenvalue weighted by Gasteiger charge is -2.38. The summed E-state index contributed by atoms with van der Waals surface area (Å²) in [6.45, 7) is 11.5. The molecule has 0 saturated carbocycles. The quantitative estimate of drug-likeness (QED) is 0.244. The number of rotatable bonds is 6. The zero-order chi connectivity index (χ0) is 34.4. The molecule has 256 valence electrons. The number of piperidine rings is 2. The zero-order valence-corrected chi connectivity index (χ0v) is 28.6. The molecule has 12 nitrogen and oxygen atoms in total. The number of ketones is 1. The normalized spacial score (nSPS) is 21.2. The van der Waals surface area contributed by atoms with Gasteiger partial charge in [0.2, 0.25) is 0 Å². The summed E-state index contributed by atoms with van der Waals surface area (Å²) >= 11 is 0. The lowest BCUT2D eigenvalue weighted by molar-refractivity contribution is -0.140. The molecule has 2 aliphatic heterocycles. The van der Waals surface area contributed by atoms with Crippen molar-refractivity contribution < 1.29 is 24.9 Å². The Morgan fingerprint density at radius 2 is 1.28 bits per heavy atom. The lowest BCUT2D eigenvalue weighted by atomic mass is 9.86. The number of fused-ring (bicyclic) bond motifs is 2. The van der Waals surface area contributed by atoms with Crippen molar-refractivity contribution in [2.45, 2.75) is 53.0 Å². The van der Waals surface area contributed by atoms with E-state index in [1.54, 1.807) is 0 Å². The zero-order valence-electron chi connectivity index (χ0n) is 28.6. The molecule has 12 heteroatoms. The van der Waals surface area contributed by atoms with Crippen molar-refractivity contribution in [1.82, 2.24) is 19.1 Å². The maximum Gasteiger partial charge on any atom is 0.329 e. The number of anilines is 2. The first kappa shape index (κ1) is 35.8. The number of aryl methyl sites for hydroxylation is 4. The Morgan fingerprint density at radius 1 is 0.809 bits per heavy atom. The maximum absolute atomic E-state index is 11.6. The monoisotopic (exact) mass is 649 g/mol. The Bertz CT molecular complexity index is 1670. The molecule has 47 heavy (non-hydrogen) atoms. The van der Waals surface area contributed by atoms with Crippen LogP contribution in [0.15, 0.2) is 36.7 Å². The van der Waals surface area contributed by atoms with Crippen LogP contribution in [0.1, 0.15) is 44.5 Å². The van der Waals surface area contributed by atoms with Gasteiger partial charge in [-0.2, -0.15) is 0 Å². The Labute approximate surface area is 276 Å². The van der Waals surface area contributed by atoms with Gasteiger partial charge in [0.05, 0.1) is 0 Å². The third-order valence-electron chi connectivity index (χ3n) is 9.24. The number of carboxylic acids is 1. The summed E-state index contributed by atoms with van der Waals surface area (Å²) in [6, 6.07) is 8.88. The molecule has 6 heterocycles. The van der Waals surface area contributed by atoms with Crippen LogP contribution in [0.3, 0.4) is 0 Å². The molecule has 0 aromatic carbocycles. The van der Waals surface area contributed by atoms with E-state index in [-0.39, 0.29) is 18.4 Å². The summed E-state index contributed by atoms with van der Waals surface area (Å²) in [6.07, 6.45) is 6.41. The van der Waals surface area contributed by atoms with E-state index in [9.17, 15) is 4.79 Å². The Balaban J connectivity index is 0.000000189. The highest BCUT2D eigenvalue weighted by atomic mass is 16.4. The van der Waals surface area contributed by atoms with Gasteiger partial charge in [0.25, 0.3) is 0 Å². The fourth-order valence-corrected chi connectivity index (χ4v) is 7.02. The number of nitrogens with two attached hydrogens (primary N) is 1. The molecule has 0 spiro atoms. The van der Waals surface area contributed by atoms with E-state index < -0.39 is 12.6 Å². The third-order valence-corrected chi connectivity index (χ3v) is 9.24. The molecule has 0 unspecified atom stereocenters. The van der Waals surface area contributed by atoms with Gasteiger partial charge in [0, 0.05) is 98.7 Å². The summed E-state index contributed by atoms with van der Waals surface area (Å²) in [7, 11) is 4.11. The molecular formula is C35H51N7O5. The second-order valence-electron chi connectivity index (χ2n) is 13.4. The number of aromatic nitrogens is 4. The van der Waals surface area contributed by atoms with Crippen LogP contribution >= 0.6 is 0 Å². The number of carbonyl (C=O) groups excluding carboxylic acids is 1. The van der Waals surface area contributed by atoms with Gasteiger partial charge in [-0.1, -0.05) is 13.8 Å². The van der Waals surface area contributed by atoms with Crippen molar-refractivity contribution in [3.63, 3.8) is 0 Å². The summed E-state index contributed by atoms with van der Waals surface area (Å²) in [5.41, 5.74) is 13.1. The van der Waals surface area contributed by atoms with Gasteiger partial charge in [-0.15, -0.1) is 0 Å². The van der Waals surface area contributed by atoms with Gasteiger partial charge in [0.15, 0.2) is 5.78 Å². The molecule has 2 aliphatic rings. The third kappa shape index (κ3) is 8.68. The predicted molar refractivity (Wildman–Crippen MR) is 186 cm³/mol. The minimum absolute atomic E-state index is 0.0560. The van der Waals surface area contributed by atoms with E-state index >= 15 is 0 Å². The predicted octanol–water partition coefficient (Wildman–Crippen LogP) is 3.41. The van der Waals surface area contributed by atoms with Crippen LogP contribution in [0.2, 0.25) is 0 Å². The van der Waals surface area contributed by atoms with Crippen LogP contribution < -0.4 is 15.5 Å². The molecule has 4 aromatic heterocycles. The first-order chi connectivity index (χ1) is 22.3.